The van der Waals surface area contributed by atoms with Gasteiger partial charge in [-0.15, -0.1) is 0 Å². The van der Waals surface area contributed by atoms with Gasteiger partial charge in [-0.1, -0.05) is 34.6 Å². The first-order valence-electron chi connectivity index (χ1n) is 22.0. The van der Waals surface area contributed by atoms with Crippen molar-refractivity contribution in [2.75, 3.05) is 46.0 Å². The Bertz CT molecular complexity index is 1440. The number of fused-ring (bicyclic) bond motifs is 4. The molecule has 4 saturated heterocycles. The topological polar surface area (TPSA) is 110 Å². The summed E-state index contributed by atoms with van der Waals surface area (Å²) < 4.78 is 31.5. The van der Waals surface area contributed by atoms with Crippen molar-refractivity contribution in [1.29, 1.82) is 0 Å². The van der Waals surface area contributed by atoms with Crippen LogP contribution in [0.4, 0.5) is 0 Å². The van der Waals surface area contributed by atoms with Crippen LogP contribution in [0.15, 0.2) is 0 Å². The summed E-state index contributed by atoms with van der Waals surface area (Å²) in [5.41, 5.74) is -0.963. The molecule has 0 aromatic rings. The van der Waals surface area contributed by atoms with E-state index in [2.05, 4.69) is 44.4 Å². The van der Waals surface area contributed by atoms with Crippen LogP contribution in [-0.4, -0.2) is 126 Å². The maximum atomic E-state index is 12.7. The minimum atomic E-state index is -1.25. The average Bonchev–Trinajstić information content (AvgIpc) is 3.72. The molecule has 5 saturated carbocycles. The second kappa shape index (κ2) is 13.1. The molecule has 0 aromatic heterocycles. The molecule has 4 aliphatic heterocycles. The van der Waals surface area contributed by atoms with Crippen LogP contribution in [0.1, 0.15) is 120 Å². The van der Waals surface area contributed by atoms with Crippen molar-refractivity contribution in [3.8, 4) is 0 Å². The Morgan fingerprint density at radius 2 is 1.61 bits per heavy atom. The fourth-order valence-corrected chi connectivity index (χ4v) is 15.9. The third kappa shape index (κ3) is 5.48. The van der Waals surface area contributed by atoms with E-state index in [9.17, 15) is 15.0 Å². The van der Waals surface area contributed by atoms with Crippen LogP contribution < -0.4 is 0 Å². The van der Waals surface area contributed by atoms with E-state index in [1.165, 1.54) is 58.5 Å². The quantitative estimate of drug-likeness (QED) is 0.328. The van der Waals surface area contributed by atoms with Crippen molar-refractivity contribution < 1.29 is 38.7 Å². The highest BCUT2D eigenvalue weighted by atomic mass is 16.7. The van der Waals surface area contributed by atoms with Crippen molar-refractivity contribution in [3.05, 3.63) is 0 Å². The van der Waals surface area contributed by atoms with Crippen molar-refractivity contribution in [1.82, 2.24) is 9.80 Å². The molecule has 4 heterocycles. The van der Waals surface area contributed by atoms with Crippen LogP contribution >= 0.6 is 0 Å². The number of aliphatic hydroxyl groups excluding tert-OH is 1. The minimum Gasteiger partial charge on any atom is -0.457 e. The fourth-order valence-electron chi connectivity index (χ4n) is 15.9. The van der Waals surface area contributed by atoms with E-state index in [0.29, 0.717) is 35.8 Å². The molecule has 9 fully saturated rings. The van der Waals surface area contributed by atoms with E-state index in [4.69, 9.17) is 23.7 Å². The number of rotatable bonds is 7. The highest BCUT2D eigenvalue weighted by molar-refractivity contribution is 5.66. The summed E-state index contributed by atoms with van der Waals surface area (Å²) in [6.45, 7) is 23.8. The predicted octanol–water partition coefficient (Wildman–Crippen LogP) is 5.41. The smallest absolute Gasteiger partial charge is 0.303 e. The van der Waals surface area contributed by atoms with Gasteiger partial charge in [0, 0.05) is 44.6 Å². The van der Waals surface area contributed by atoms with E-state index in [1.807, 2.05) is 0 Å². The lowest BCUT2D eigenvalue weighted by Gasteiger charge is -2.64. The highest BCUT2D eigenvalue weighted by Crippen LogP contribution is 2.89. The third-order valence-corrected chi connectivity index (χ3v) is 18.6. The number of esters is 1. The lowest BCUT2D eigenvalue weighted by Crippen LogP contribution is -2.60. The highest BCUT2D eigenvalue weighted by Gasteiger charge is 2.84. The van der Waals surface area contributed by atoms with Crippen LogP contribution in [0.2, 0.25) is 0 Å². The Kier molecular flexibility index (Phi) is 9.36. The van der Waals surface area contributed by atoms with Crippen molar-refractivity contribution >= 4 is 5.97 Å². The molecule has 2 spiro atoms. The van der Waals surface area contributed by atoms with E-state index in [1.54, 1.807) is 13.8 Å². The molecule has 10 nitrogen and oxygen atoms in total. The van der Waals surface area contributed by atoms with Gasteiger partial charge in [0.2, 0.25) is 0 Å². The van der Waals surface area contributed by atoms with Crippen LogP contribution in [-0.2, 0) is 28.5 Å². The zero-order chi connectivity index (χ0) is 38.2. The number of morpholine rings is 1. The molecular weight excluding hydrogens is 684 g/mol. The van der Waals surface area contributed by atoms with Gasteiger partial charge < -0.3 is 33.9 Å². The molecule has 0 radical (unpaired) electrons. The predicted molar refractivity (Wildman–Crippen MR) is 203 cm³/mol. The first-order chi connectivity index (χ1) is 25.5. The summed E-state index contributed by atoms with van der Waals surface area (Å²) in [7, 11) is 0. The van der Waals surface area contributed by atoms with Crippen LogP contribution in [0.25, 0.3) is 0 Å². The normalized spacial score (nSPS) is 50.1. The Morgan fingerprint density at radius 1 is 0.907 bits per heavy atom. The zero-order valence-corrected chi connectivity index (χ0v) is 34.7. The maximum Gasteiger partial charge on any atom is 0.303 e. The standard InChI is InChI=1S/C44H72N2O8/c1-26-21-30(38(40(5,6)49)52-27(2)47)53-36-35(26)41(7)15-16-44-25-43(44)14-11-33(39(3,4)31(43)9-10-32(44)42(41,8)37(36)48)54-34-22-46(19-20-51-34)28-12-17-45(18-13-28)29-23-50-24-29/h26,28-38,48-49H,9-25H2,1-8H3/t26-,30?,31+,32?,33?,34+,35+,36-,37+,38?,41?,42-,43?,44?/m1/s1. The first kappa shape index (κ1) is 38.7. The van der Waals surface area contributed by atoms with Gasteiger partial charge >= 0.3 is 5.97 Å². The molecule has 7 unspecified atom stereocenters. The SMILES string of the molecule is CC(=O)OC(C1C[C@@H](C)[C@H]2[C@@H](O1)[C@H](O)[C@@]1(C)C3CC[C@H]4C(C)(C)C(O[C@H]5CN(C6CCN(C7COC7)CC6)CCO5)CCC45CC35CCC21C)C(C)(C)O. The number of carbonyl (C=O) groups excluding carboxylic acids is 1. The average molecular weight is 757 g/mol. The number of likely N-dealkylation sites (tertiary alicyclic amines) is 1. The number of nitrogens with zero attached hydrogens (tertiary/aromatic N) is 2. The molecule has 0 bridgehead atoms. The molecule has 54 heavy (non-hydrogen) atoms. The number of hydrogen-bond acceptors (Lipinski definition) is 10. The molecule has 306 valence electrons. The number of piperidine rings is 1. The zero-order valence-electron chi connectivity index (χ0n) is 34.7. The van der Waals surface area contributed by atoms with Gasteiger partial charge in [0.1, 0.15) is 0 Å². The monoisotopic (exact) mass is 757 g/mol. The van der Waals surface area contributed by atoms with E-state index in [0.717, 1.165) is 52.2 Å². The van der Waals surface area contributed by atoms with Crippen molar-refractivity contribution in [2.24, 2.45) is 50.7 Å². The van der Waals surface area contributed by atoms with Crippen LogP contribution in [0.3, 0.4) is 0 Å². The van der Waals surface area contributed by atoms with E-state index in [-0.39, 0.29) is 52.0 Å². The molecule has 9 aliphatic rings. The number of aliphatic hydroxyl groups is 2. The Morgan fingerprint density at radius 3 is 2.28 bits per heavy atom. The summed E-state index contributed by atoms with van der Waals surface area (Å²) in [4.78, 5) is 17.5. The molecule has 10 heteroatoms. The second-order valence-electron chi connectivity index (χ2n) is 21.6. The molecule has 14 atom stereocenters. The van der Waals surface area contributed by atoms with E-state index < -0.39 is 29.9 Å². The van der Waals surface area contributed by atoms with Gasteiger partial charge in [-0.05, 0) is 123 Å². The fraction of sp³-hybridized carbons (Fsp3) is 0.977. The van der Waals surface area contributed by atoms with Gasteiger partial charge in [0.25, 0.3) is 0 Å². The number of hydrogen-bond donors (Lipinski definition) is 2. The lowest BCUT2D eigenvalue weighted by molar-refractivity contribution is -0.252. The lowest BCUT2D eigenvalue weighted by atomic mass is 9.41. The largest absolute Gasteiger partial charge is 0.457 e. The second-order valence-corrected chi connectivity index (χ2v) is 21.6. The molecule has 2 N–H and O–H groups in total. The van der Waals surface area contributed by atoms with Crippen molar-refractivity contribution in [2.45, 2.75) is 174 Å². The van der Waals surface area contributed by atoms with Crippen LogP contribution in [0.5, 0.6) is 0 Å². The Labute approximate surface area is 324 Å². The van der Waals surface area contributed by atoms with Gasteiger partial charge in [-0.3, -0.25) is 14.6 Å². The first-order valence-corrected chi connectivity index (χ1v) is 22.0. The van der Waals surface area contributed by atoms with Gasteiger partial charge in [0.05, 0.1) is 55.9 Å². The minimum absolute atomic E-state index is 0.0478. The molecule has 5 aliphatic carbocycles. The summed E-state index contributed by atoms with van der Waals surface area (Å²) in [5.74, 6) is 1.12. The Hall–Kier alpha value is -0.850. The van der Waals surface area contributed by atoms with Gasteiger partial charge in [-0.25, -0.2) is 0 Å². The van der Waals surface area contributed by atoms with Crippen molar-refractivity contribution in [3.63, 3.8) is 0 Å². The summed E-state index contributed by atoms with van der Waals surface area (Å²) in [6, 6.07) is 1.25. The summed E-state index contributed by atoms with van der Waals surface area (Å²) in [6.07, 6.45) is 9.25. The van der Waals surface area contributed by atoms with Gasteiger partial charge in [0.15, 0.2) is 12.4 Å². The van der Waals surface area contributed by atoms with Gasteiger partial charge in [-0.2, -0.15) is 0 Å². The Balaban J connectivity index is 0.894. The summed E-state index contributed by atoms with van der Waals surface area (Å²) in [5, 5.41) is 23.8. The summed E-state index contributed by atoms with van der Waals surface area (Å²) >= 11 is 0. The molecule has 0 amide bonds. The number of ether oxygens (including phenoxy) is 5. The molecule has 0 aromatic carbocycles. The molecular formula is C44H72N2O8. The third-order valence-electron chi connectivity index (χ3n) is 18.6. The van der Waals surface area contributed by atoms with Crippen LogP contribution in [0, 0.1) is 50.7 Å². The van der Waals surface area contributed by atoms with E-state index >= 15 is 0 Å². The molecule has 9 rings (SSSR count). The maximum absolute atomic E-state index is 12.7. The number of carbonyl (C=O) groups is 1.